The van der Waals surface area contributed by atoms with Gasteiger partial charge in [0.05, 0.1) is 5.69 Å². The number of nitrogens with one attached hydrogen (secondary N) is 1. The number of ether oxygens (including phenoxy) is 1. The van der Waals surface area contributed by atoms with Crippen molar-refractivity contribution in [3.63, 3.8) is 0 Å². The van der Waals surface area contributed by atoms with Crippen molar-refractivity contribution in [1.82, 2.24) is 20.2 Å². The number of rotatable bonds is 7. The number of nitrogen functional groups attached to an aromatic ring is 1. The van der Waals surface area contributed by atoms with Crippen molar-refractivity contribution in [2.75, 3.05) is 18.6 Å². The van der Waals surface area contributed by atoms with E-state index < -0.39 is 29.2 Å². The van der Waals surface area contributed by atoms with Crippen LogP contribution in [0.4, 0.5) is 5.13 Å². The number of aromatic nitrogens is 2. The second kappa shape index (κ2) is 9.36. The largest absolute Gasteiger partial charge is 0.455 e. The number of nitrogens with zero attached hydrogens (tertiary/aromatic N) is 4. The van der Waals surface area contributed by atoms with Crippen molar-refractivity contribution in [3.8, 4) is 0 Å². The number of carbonyl (C=O) groups excluding carboxylic acids is 3. The number of oxime groups is 1. The molecule has 3 N–H and O–H groups in total. The number of pyridine rings is 1. The normalized spacial score (nSPS) is 20.0. The summed E-state index contributed by atoms with van der Waals surface area (Å²) in [6, 6.07) is 4.45. The average molecular weight is 475 g/mol. The van der Waals surface area contributed by atoms with Gasteiger partial charge in [0.1, 0.15) is 36.5 Å². The van der Waals surface area contributed by atoms with Gasteiger partial charge in [0.15, 0.2) is 10.8 Å². The molecule has 0 spiro atoms. The molecule has 166 valence electrons. The summed E-state index contributed by atoms with van der Waals surface area (Å²) in [5.74, 6) is -1.20. The Kier molecular flexibility index (Phi) is 6.37. The molecule has 2 aliphatic heterocycles. The molecule has 2 atom stereocenters. The molecule has 4 heterocycles. The van der Waals surface area contributed by atoms with Gasteiger partial charge in [-0.25, -0.2) is 9.78 Å². The van der Waals surface area contributed by atoms with Crippen LogP contribution in [0.3, 0.4) is 0 Å². The third-order valence-electron chi connectivity index (χ3n) is 4.58. The Labute approximate surface area is 190 Å². The van der Waals surface area contributed by atoms with E-state index in [4.69, 9.17) is 15.3 Å². The molecule has 0 aromatic carbocycles. The number of thiazole rings is 1. The quantitative estimate of drug-likeness (QED) is 0.253. The summed E-state index contributed by atoms with van der Waals surface area (Å²) in [7, 11) is 1.30. The minimum Gasteiger partial charge on any atom is -0.455 e. The lowest BCUT2D eigenvalue weighted by Crippen LogP contribution is -2.70. The number of nitrogens with two attached hydrogens (primary N) is 1. The number of carbonyl (C=O) groups is 3. The smallest absolute Gasteiger partial charge is 0.355 e. The van der Waals surface area contributed by atoms with E-state index >= 15 is 0 Å². The molecule has 0 radical (unpaired) electrons. The topological polar surface area (TPSA) is 149 Å². The average Bonchev–Trinajstić information content (AvgIpc) is 3.24. The second-order valence-corrected chi connectivity index (χ2v) is 8.60. The Morgan fingerprint density at radius 1 is 1.41 bits per heavy atom. The summed E-state index contributed by atoms with van der Waals surface area (Å²) in [4.78, 5) is 52.3. The Hall–Kier alpha value is -3.45. The Bertz CT molecular complexity index is 1100. The van der Waals surface area contributed by atoms with Gasteiger partial charge in [-0.15, -0.1) is 23.1 Å². The fourth-order valence-corrected chi connectivity index (χ4v) is 4.87. The number of amides is 2. The molecule has 2 aromatic heterocycles. The summed E-state index contributed by atoms with van der Waals surface area (Å²) in [5.41, 5.74) is 6.51. The molecule has 1 unspecified atom stereocenters. The van der Waals surface area contributed by atoms with Crippen LogP contribution < -0.4 is 11.1 Å². The zero-order chi connectivity index (χ0) is 22.7. The third kappa shape index (κ3) is 4.29. The van der Waals surface area contributed by atoms with Gasteiger partial charge in [0.25, 0.3) is 11.8 Å². The minimum absolute atomic E-state index is 0.00929. The van der Waals surface area contributed by atoms with Crippen molar-refractivity contribution in [2.45, 2.75) is 18.0 Å². The Morgan fingerprint density at radius 2 is 2.25 bits per heavy atom. The number of fused-ring (bicyclic) bond motifs is 1. The van der Waals surface area contributed by atoms with Crippen molar-refractivity contribution in [3.05, 3.63) is 52.9 Å². The van der Waals surface area contributed by atoms with Crippen LogP contribution in [-0.2, 0) is 30.6 Å². The lowest BCUT2D eigenvalue weighted by Gasteiger charge is -2.48. The zero-order valence-corrected chi connectivity index (χ0v) is 18.4. The summed E-state index contributed by atoms with van der Waals surface area (Å²) in [6.45, 7) is -0.00929. The number of esters is 1. The summed E-state index contributed by atoms with van der Waals surface area (Å²) < 4.78 is 5.30. The number of hydrogen-bond donors (Lipinski definition) is 2. The number of hydrogen-bond acceptors (Lipinski definition) is 11. The van der Waals surface area contributed by atoms with Crippen LogP contribution in [0.5, 0.6) is 0 Å². The molecule has 2 aliphatic rings. The van der Waals surface area contributed by atoms with Crippen LogP contribution in [0.25, 0.3) is 0 Å². The lowest BCUT2D eigenvalue weighted by atomic mass is 10.0. The van der Waals surface area contributed by atoms with Crippen LogP contribution >= 0.6 is 23.1 Å². The standard InChI is InChI=1S/C19H18N6O5S2/c1-29-24-13(11-9-32-19(20)22-11)15(26)23-14-16(27)25-12(5-7-31-17(14)25)18(28)30-8-10-4-2-3-6-21-10/h2-6,9,14,17H,7-8H2,1H3,(H2,20,22)(H,23,26)/b24-13-/t14?,17-/m1/s1. The van der Waals surface area contributed by atoms with E-state index in [1.54, 1.807) is 35.9 Å². The van der Waals surface area contributed by atoms with E-state index in [9.17, 15) is 14.4 Å². The maximum absolute atomic E-state index is 12.8. The number of β-lactam (4-membered cyclic amide) rings is 1. The van der Waals surface area contributed by atoms with Gasteiger partial charge in [0, 0.05) is 17.3 Å². The van der Waals surface area contributed by atoms with E-state index in [1.807, 2.05) is 0 Å². The highest BCUT2D eigenvalue weighted by Gasteiger charge is 2.53. The highest BCUT2D eigenvalue weighted by Crippen LogP contribution is 2.37. The molecule has 2 aromatic rings. The van der Waals surface area contributed by atoms with E-state index in [2.05, 4.69) is 20.4 Å². The van der Waals surface area contributed by atoms with Crippen molar-refractivity contribution >= 4 is 51.7 Å². The molecule has 2 amide bonds. The Balaban J connectivity index is 1.41. The predicted molar refractivity (Wildman–Crippen MR) is 117 cm³/mol. The van der Waals surface area contributed by atoms with Gasteiger partial charge >= 0.3 is 5.97 Å². The third-order valence-corrected chi connectivity index (χ3v) is 6.44. The second-order valence-electron chi connectivity index (χ2n) is 6.56. The summed E-state index contributed by atoms with van der Waals surface area (Å²) in [5, 5.41) is 7.75. The van der Waals surface area contributed by atoms with Gasteiger partial charge in [0.2, 0.25) is 0 Å². The lowest BCUT2D eigenvalue weighted by molar-refractivity contribution is -0.153. The van der Waals surface area contributed by atoms with E-state index in [0.717, 1.165) is 11.3 Å². The van der Waals surface area contributed by atoms with Crippen LogP contribution in [0.2, 0.25) is 0 Å². The first kappa shape index (κ1) is 21.8. The molecule has 0 aliphatic carbocycles. The van der Waals surface area contributed by atoms with Crippen LogP contribution in [0, 0.1) is 0 Å². The first-order valence-corrected chi connectivity index (χ1v) is 11.3. The summed E-state index contributed by atoms with van der Waals surface area (Å²) >= 11 is 2.56. The molecule has 0 saturated carbocycles. The van der Waals surface area contributed by atoms with E-state index in [-0.39, 0.29) is 28.8 Å². The molecule has 1 saturated heterocycles. The van der Waals surface area contributed by atoms with Crippen molar-refractivity contribution < 1.29 is 24.0 Å². The molecule has 11 nitrogen and oxygen atoms in total. The zero-order valence-electron chi connectivity index (χ0n) is 16.8. The highest BCUT2D eigenvalue weighted by molar-refractivity contribution is 8.00. The molecule has 4 rings (SSSR count). The van der Waals surface area contributed by atoms with Gasteiger partial charge in [-0.3, -0.25) is 19.5 Å². The maximum atomic E-state index is 12.8. The van der Waals surface area contributed by atoms with E-state index in [1.165, 1.54) is 23.8 Å². The molecule has 32 heavy (non-hydrogen) atoms. The molecule has 0 bridgehead atoms. The van der Waals surface area contributed by atoms with E-state index in [0.29, 0.717) is 11.4 Å². The fraction of sp³-hybridized carbons (Fsp3) is 0.263. The Morgan fingerprint density at radius 3 is 2.94 bits per heavy atom. The van der Waals surface area contributed by atoms with Crippen molar-refractivity contribution in [1.29, 1.82) is 0 Å². The van der Waals surface area contributed by atoms with Crippen LogP contribution in [0.15, 0.2) is 46.7 Å². The molecular weight excluding hydrogens is 456 g/mol. The molecule has 13 heteroatoms. The van der Waals surface area contributed by atoms with Gasteiger partial charge < -0.3 is 20.6 Å². The van der Waals surface area contributed by atoms with Crippen LogP contribution in [-0.4, -0.2) is 62.6 Å². The fourth-order valence-electron chi connectivity index (χ4n) is 3.13. The first-order chi connectivity index (χ1) is 15.5. The van der Waals surface area contributed by atoms with Crippen LogP contribution in [0.1, 0.15) is 11.4 Å². The van der Waals surface area contributed by atoms with Gasteiger partial charge in [-0.1, -0.05) is 11.2 Å². The summed E-state index contributed by atoms with van der Waals surface area (Å²) in [6.07, 6.45) is 3.23. The molecule has 1 fully saturated rings. The van der Waals surface area contributed by atoms with Gasteiger partial charge in [-0.05, 0) is 18.2 Å². The predicted octanol–water partition coefficient (Wildman–Crippen LogP) is 0.498. The minimum atomic E-state index is -0.835. The highest BCUT2D eigenvalue weighted by atomic mass is 32.2. The number of thioether (sulfide) groups is 1. The maximum Gasteiger partial charge on any atom is 0.355 e. The first-order valence-electron chi connectivity index (χ1n) is 9.35. The van der Waals surface area contributed by atoms with Crippen molar-refractivity contribution in [2.24, 2.45) is 5.16 Å². The SMILES string of the molecule is CO/N=C(\C(=O)NC1C(=O)N2C(C(=O)OCc3ccccn3)=CCS[C@H]12)c1csc(N)n1. The molecular formula is C19H18N6O5S2. The van der Waals surface area contributed by atoms with Gasteiger partial charge in [-0.2, -0.15) is 0 Å². The number of anilines is 1. The monoisotopic (exact) mass is 474 g/mol.